The summed E-state index contributed by atoms with van der Waals surface area (Å²) in [5, 5.41) is 13.8. The third-order valence-corrected chi connectivity index (χ3v) is 2.58. The SMILES string of the molecule is CC[C@H](CO)NC(=O)C(=O)Nc1cccc(OC)c1. The van der Waals surface area contributed by atoms with Gasteiger partial charge in [0, 0.05) is 11.8 Å². The highest BCUT2D eigenvalue weighted by molar-refractivity contribution is 6.39. The van der Waals surface area contributed by atoms with Crippen molar-refractivity contribution in [1.82, 2.24) is 5.32 Å². The Kier molecular flexibility index (Phi) is 5.81. The predicted octanol–water partition coefficient (Wildman–Crippen LogP) is 0.521. The van der Waals surface area contributed by atoms with E-state index in [2.05, 4.69) is 10.6 Å². The van der Waals surface area contributed by atoms with Crippen LogP contribution >= 0.6 is 0 Å². The maximum atomic E-state index is 11.6. The number of aliphatic hydroxyl groups is 1. The first-order chi connectivity index (χ1) is 9.10. The first-order valence-corrected chi connectivity index (χ1v) is 5.97. The number of methoxy groups -OCH3 is 1. The largest absolute Gasteiger partial charge is 0.497 e. The third kappa shape index (κ3) is 4.59. The lowest BCUT2D eigenvalue weighted by molar-refractivity contribution is -0.136. The molecule has 0 heterocycles. The van der Waals surface area contributed by atoms with E-state index in [-0.39, 0.29) is 6.61 Å². The van der Waals surface area contributed by atoms with Gasteiger partial charge in [0.05, 0.1) is 19.8 Å². The quantitative estimate of drug-likeness (QED) is 0.678. The van der Waals surface area contributed by atoms with Gasteiger partial charge in [0.15, 0.2) is 0 Å². The third-order valence-electron chi connectivity index (χ3n) is 2.58. The number of rotatable bonds is 5. The Morgan fingerprint density at radius 2 is 2.11 bits per heavy atom. The number of carbonyl (C=O) groups is 2. The van der Waals surface area contributed by atoms with Crippen molar-refractivity contribution in [2.24, 2.45) is 0 Å². The highest BCUT2D eigenvalue weighted by atomic mass is 16.5. The molecular formula is C13H18N2O4. The molecule has 0 unspecified atom stereocenters. The molecule has 6 nitrogen and oxygen atoms in total. The molecule has 0 saturated carbocycles. The highest BCUT2D eigenvalue weighted by Gasteiger charge is 2.17. The van der Waals surface area contributed by atoms with Crippen LogP contribution in [-0.2, 0) is 9.59 Å². The van der Waals surface area contributed by atoms with Crippen LogP contribution in [-0.4, -0.2) is 36.7 Å². The lowest BCUT2D eigenvalue weighted by Gasteiger charge is -2.13. The van der Waals surface area contributed by atoms with E-state index in [1.54, 1.807) is 31.2 Å². The Hall–Kier alpha value is -2.08. The molecule has 1 aromatic carbocycles. The molecule has 19 heavy (non-hydrogen) atoms. The van der Waals surface area contributed by atoms with Crippen LogP contribution in [0.15, 0.2) is 24.3 Å². The Morgan fingerprint density at radius 1 is 1.37 bits per heavy atom. The molecule has 0 aromatic heterocycles. The van der Waals surface area contributed by atoms with Crippen molar-refractivity contribution in [2.75, 3.05) is 19.0 Å². The summed E-state index contributed by atoms with van der Waals surface area (Å²) in [5.74, 6) is -0.969. The first kappa shape index (κ1) is 15.0. The number of benzene rings is 1. The van der Waals surface area contributed by atoms with Gasteiger partial charge in [-0.05, 0) is 18.6 Å². The molecule has 0 fully saturated rings. The summed E-state index contributed by atoms with van der Waals surface area (Å²) in [6.07, 6.45) is 0.550. The number of hydrogen-bond acceptors (Lipinski definition) is 4. The van der Waals surface area contributed by atoms with E-state index in [0.717, 1.165) is 0 Å². The van der Waals surface area contributed by atoms with Crippen LogP contribution in [0, 0.1) is 0 Å². The van der Waals surface area contributed by atoms with Crippen LogP contribution in [0.25, 0.3) is 0 Å². The summed E-state index contributed by atoms with van der Waals surface area (Å²) in [4.78, 5) is 23.2. The summed E-state index contributed by atoms with van der Waals surface area (Å²) in [5.41, 5.74) is 0.469. The average Bonchev–Trinajstić information content (AvgIpc) is 2.44. The minimum atomic E-state index is -0.778. The van der Waals surface area contributed by atoms with Crippen molar-refractivity contribution in [3.05, 3.63) is 24.3 Å². The van der Waals surface area contributed by atoms with Gasteiger partial charge in [-0.25, -0.2) is 0 Å². The number of anilines is 1. The van der Waals surface area contributed by atoms with E-state index in [1.165, 1.54) is 7.11 Å². The molecule has 1 rings (SSSR count). The summed E-state index contributed by atoms with van der Waals surface area (Å²) in [7, 11) is 1.51. The van der Waals surface area contributed by atoms with Gasteiger partial charge in [0.1, 0.15) is 5.75 Å². The molecule has 6 heteroatoms. The fraction of sp³-hybridized carbons (Fsp3) is 0.385. The number of aliphatic hydroxyl groups excluding tert-OH is 1. The monoisotopic (exact) mass is 266 g/mol. The van der Waals surface area contributed by atoms with Crippen molar-refractivity contribution in [3.63, 3.8) is 0 Å². The number of carbonyl (C=O) groups excluding carboxylic acids is 2. The van der Waals surface area contributed by atoms with Gasteiger partial charge in [-0.1, -0.05) is 13.0 Å². The van der Waals surface area contributed by atoms with Crippen molar-refractivity contribution in [1.29, 1.82) is 0 Å². The van der Waals surface area contributed by atoms with Gasteiger partial charge < -0.3 is 20.5 Å². The molecule has 0 aliphatic rings. The van der Waals surface area contributed by atoms with Gasteiger partial charge in [0.25, 0.3) is 0 Å². The maximum absolute atomic E-state index is 11.6. The molecule has 0 aliphatic heterocycles. The van der Waals surface area contributed by atoms with Gasteiger partial charge >= 0.3 is 11.8 Å². The molecule has 1 aromatic rings. The summed E-state index contributed by atoms with van der Waals surface area (Å²) < 4.78 is 5.01. The number of amides is 2. The van der Waals surface area contributed by atoms with Crippen molar-refractivity contribution in [2.45, 2.75) is 19.4 Å². The van der Waals surface area contributed by atoms with E-state index in [9.17, 15) is 9.59 Å². The zero-order valence-corrected chi connectivity index (χ0v) is 11.0. The normalized spacial score (nSPS) is 11.5. The van der Waals surface area contributed by atoms with Crippen LogP contribution in [0.4, 0.5) is 5.69 Å². The lowest BCUT2D eigenvalue weighted by Crippen LogP contribution is -2.43. The van der Waals surface area contributed by atoms with Gasteiger partial charge in [-0.2, -0.15) is 0 Å². The molecule has 104 valence electrons. The van der Waals surface area contributed by atoms with E-state index in [4.69, 9.17) is 9.84 Å². The molecule has 2 amide bonds. The minimum absolute atomic E-state index is 0.200. The Balaban J connectivity index is 2.60. The van der Waals surface area contributed by atoms with Crippen LogP contribution in [0.3, 0.4) is 0 Å². The number of hydrogen-bond donors (Lipinski definition) is 3. The Bertz CT molecular complexity index is 444. The molecule has 0 spiro atoms. The average molecular weight is 266 g/mol. The van der Waals surface area contributed by atoms with E-state index < -0.39 is 17.9 Å². The highest BCUT2D eigenvalue weighted by Crippen LogP contribution is 2.16. The number of nitrogens with one attached hydrogen (secondary N) is 2. The van der Waals surface area contributed by atoms with Gasteiger partial charge in [-0.3, -0.25) is 9.59 Å². The number of ether oxygens (including phenoxy) is 1. The molecule has 1 atom stereocenters. The first-order valence-electron chi connectivity index (χ1n) is 5.97. The van der Waals surface area contributed by atoms with E-state index >= 15 is 0 Å². The molecule has 0 radical (unpaired) electrons. The second-order valence-corrected chi connectivity index (χ2v) is 3.95. The van der Waals surface area contributed by atoms with Crippen molar-refractivity contribution >= 4 is 17.5 Å². The zero-order chi connectivity index (χ0) is 14.3. The van der Waals surface area contributed by atoms with Gasteiger partial charge in [-0.15, -0.1) is 0 Å². The molecule has 0 bridgehead atoms. The second-order valence-electron chi connectivity index (χ2n) is 3.95. The smallest absolute Gasteiger partial charge is 0.313 e. The lowest BCUT2D eigenvalue weighted by atomic mass is 10.2. The zero-order valence-electron chi connectivity index (χ0n) is 11.0. The standard InChI is InChI=1S/C13H18N2O4/c1-3-9(8-16)14-12(17)13(18)15-10-5-4-6-11(7-10)19-2/h4-7,9,16H,3,8H2,1-2H3,(H,14,17)(H,15,18)/t9-/m1/s1. The van der Waals surface area contributed by atoms with E-state index in [1.807, 2.05) is 0 Å². The molecule has 0 aliphatic carbocycles. The van der Waals surface area contributed by atoms with E-state index in [0.29, 0.717) is 17.9 Å². The summed E-state index contributed by atoms with van der Waals surface area (Å²) >= 11 is 0. The second kappa shape index (κ2) is 7.38. The summed E-state index contributed by atoms with van der Waals surface area (Å²) in [6, 6.07) is 6.28. The minimum Gasteiger partial charge on any atom is -0.497 e. The van der Waals surface area contributed by atoms with Crippen LogP contribution in [0.1, 0.15) is 13.3 Å². The Morgan fingerprint density at radius 3 is 2.68 bits per heavy atom. The van der Waals surface area contributed by atoms with Crippen LogP contribution in [0.5, 0.6) is 5.75 Å². The van der Waals surface area contributed by atoms with Crippen LogP contribution < -0.4 is 15.4 Å². The molecule has 3 N–H and O–H groups in total. The van der Waals surface area contributed by atoms with Crippen molar-refractivity contribution in [3.8, 4) is 5.75 Å². The van der Waals surface area contributed by atoms with Gasteiger partial charge in [0.2, 0.25) is 0 Å². The maximum Gasteiger partial charge on any atom is 0.313 e. The topological polar surface area (TPSA) is 87.7 Å². The predicted molar refractivity (Wildman–Crippen MR) is 70.9 cm³/mol. The molecular weight excluding hydrogens is 248 g/mol. The molecule has 0 saturated heterocycles. The fourth-order valence-corrected chi connectivity index (χ4v) is 1.42. The van der Waals surface area contributed by atoms with Crippen LogP contribution in [0.2, 0.25) is 0 Å². The summed E-state index contributed by atoms with van der Waals surface area (Å²) in [6.45, 7) is 1.61. The Labute approximate surface area is 111 Å². The van der Waals surface area contributed by atoms with Crippen molar-refractivity contribution < 1.29 is 19.4 Å². The fourth-order valence-electron chi connectivity index (χ4n) is 1.42.